The smallest absolute Gasteiger partial charge is 0.286 e. The molecule has 150 valence electrons. The minimum absolute atomic E-state index is 0.0882. The molecule has 0 bridgehead atoms. The van der Waals surface area contributed by atoms with Crippen LogP contribution in [-0.2, 0) is 17.9 Å². The number of carbonyl (C=O) groups is 2. The van der Waals surface area contributed by atoms with Crippen molar-refractivity contribution >= 4 is 40.5 Å². The summed E-state index contributed by atoms with van der Waals surface area (Å²) >= 11 is 6.80. The zero-order valence-corrected chi connectivity index (χ0v) is 16.9. The minimum atomic E-state index is -0.713. The van der Waals surface area contributed by atoms with Crippen LogP contribution in [-0.4, -0.2) is 20.3 Å². The van der Waals surface area contributed by atoms with E-state index in [2.05, 4.69) is 15.6 Å². The second-order valence-corrected chi connectivity index (χ2v) is 7.14. The second kappa shape index (κ2) is 10.00. The summed E-state index contributed by atoms with van der Waals surface area (Å²) in [7, 11) is 0. The number of nitrogens with one attached hydrogen (secondary N) is 3. The first-order valence-electron chi connectivity index (χ1n) is 8.41. The zero-order valence-electron chi connectivity index (χ0n) is 15.3. The fraction of sp³-hybridized carbons (Fsp3) is 0.294. The number of halogens is 1. The molecule has 1 aromatic heterocycles. The molecule has 2 aromatic rings. The van der Waals surface area contributed by atoms with Gasteiger partial charge in [-0.3, -0.25) is 28.9 Å². The van der Waals surface area contributed by atoms with E-state index in [1.807, 2.05) is 6.92 Å². The fourth-order valence-electron chi connectivity index (χ4n) is 2.36. The van der Waals surface area contributed by atoms with Crippen LogP contribution in [0.2, 0.25) is 5.02 Å². The number of anilines is 1. The topological polar surface area (TPSA) is 114 Å². The minimum Gasteiger partial charge on any atom is -0.286 e. The largest absolute Gasteiger partial charge is 0.343 e. The van der Waals surface area contributed by atoms with E-state index in [-0.39, 0.29) is 24.0 Å². The maximum Gasteiger partial charge on any atom is 0.343 e. The number of urea groups is 1. The van der Waals surface area contributed by atoms with Crippen LogP contribution in [0.15, 0.2) is 39.9 Å². The Morgan fingerprint density at radius 3 is 2.54 bits per heavy atom. The molecule has 0 saturated heterocycles. The summed E-state index contributed by atoms with van der Waals surface area (Å²) in [6.07, 6.45) is 0.608. The molecule has 0 spiro atoms. The molecule has 0 saturated carbocycles. The molecule has 0 aliphatic carbocycles. The maximum atomic E-state index is 12.8. The molecular weight excluding hydrogens is 406 g/mol. The summed E-state index contributed by atoms with van der Waals surface area (Å²) in [6.45, 7) is 3.52. The predicted octanol–water partition coefficient (Wildman–Crippen LogP) is 1.94. The third-order valence-electron chi connectivity index (χ3n) is 3.60. The number of benzene rings is 1. The molecule has 0 aliphatic heterocycles. The van der Waals surface area contributed by atoms with Crippen LogP contribution in [0.5, 0.6) is 0 Å². The van der Waals surface area contributed by atoms with Gasteiger partial charge in [0.15, 0.2) is 0 Å². The number of amides is 2. The number of hydrogen-bond donors (Lipinski definition) is 3. The molecule has 0 fully saturated rings. The van der Waals surface area contributed by atoms with Gasteiger partial charge in [0, 0.05) is 36.5 Å². The Morgan fingerprint density at radius 2 is 1.89 bits per heavy atom. The van der Waals surface area contributed by atoms with Crippen LogP contribution in [0.1, 0.15) is 25.8 Å². The van der Waals surface area contributed by atoms with Gasteiger partial charge < -0.3 is 0 Å². The third-order valence-corrected chi connectivity index (χ3v) is 4.55. The average Bonchev–Trinajstić information content (AvgIpc) is 2.65. The lowest BCUT2D eigenvalue weighted by molar-refractivity contribution is -0.109. The number of rotatable bonds is 6. The van der Waals surface area contributed by atoms with Crippen molar-refractivity contribution in [1.29, 1.82) is 0 Å². The van der Waals surface area contributed by atoms with Gasteiger partial charge in [-0.15, -0.1) is 0 Å². The first-order valence-corrected chi connectivity index (χ1v) is 9.60. The van der Waals surface area contributed by atoms with E-state index in [0.717, 1.165) is 4.57 Å². The summed E-state index contributed by atoms with van der Waals surface area (Å²) < 4.78 is 4.68. The number of hydrogen-bond acceptors (Lipinski definition) is 6. The maximum absolute atomic E-state index is 12.8. The quantitative estimate of drug-likeness (QED) is 0.481. The Hall–Kier alpha value is -2.72. The Morgan fingerprint density at radius 1 is 1.18 bits per heavy atom. The lowest BCUT2D eigenvalue weighted by Gasteiger charge is -2.17. The van der Waals surface area contributed by atoms with Crippen LogP contribution in [0, 0.1) is 0 Å². The van der Waals surface area contributed by atoms with Crippen molar-refractivity contribution < 1.29 is 9.59 Å². The Bertz CT molecular complexity index is 988. The third kappa shape index (κ3) is 5.64. The van der Waals surface area contributed by atoms with E-state index >= 15 is 0 Å². The van der Waals surface area contributed by atoms with Gasteiger partial charge >= 0.3 is 11.7 Å². The predicted molar refractivity (Wildman–Crippen MR) is 109 cm³/mol. The Balaban J connectivity index is 2.36. The van der Waals surface area contributed by atoms with Gasteiger partial charge in [-0.05, 0) is 18.1 Å². The summed E-state index contributed by atoms with van der Waals surface area (Å²) in [4.78, 5) is 47.8. The van der Waals surface area contributed by atoms with Gasteiger partial charge in [0.2, 0.25) is 5.12 Å². The second-order valence-electron chi connectivity index (χ2n) is 5.75. The van der Waals surface area contributed by atoms with E-state index in [9.17, 15) is 19.2 Å². The van der Waals surface area contributed by atoms with Crippen LogP contribution in [0.4, 0.5) is 10.6 Å². The van der Waals surface area contributed by atoms with Crippen LogP contribution < -0.4 is 26.8 Å². The molecule has 3 N–H and O–H groups in total. The number of carbonyl (C=O) groups excluding carboxylic acids is 2. The monoisotopic (exact) mass is 425 g/mol. The van der Waals surface area contributed by atoms with Crippen molar-refractivity contribution in [3.8, 4) is 0 Å². The first kappa shape index (κ1) is 21.6. The van der Waals surface area contributed by atoms with E-state index in [1.165, 1.54) is 17.6 Å². The number of aromatic nitrogens is 2. The van der Waals surface area contributed by atoms with Crippen LogP contribution in [0.25, 0.3) is 0 Å². The summed E-state index contributed by atoms with van der Waals surface area (Å²) in [6, 6.07) is 7.51. The molecule has 28 heavy (non-hydrogen) atoms. The highest BCUT2D eigenvalue weighted by Crippen LogP contribution is 2.17. The zero-order chi connectivity index (χ0) is 20.7. The van der Waals surface area contributed by atoms with E-state index in [0.29, 0.717) is 29.0 Å². The van der Waals surface area contributed by atoms with Crippen LogP contribution >= 0.6 is 23.5 Å². The van der Waals surface area contributed by atoms with E-state index in [4.69, 9.17) is 11.6 Å². The van der Waals surface area contributed by atoms with Gasteiger partial charge in [-0.25, -0.2) is 15.0 Å². The van der Waals surface area contributed by atoms with Gasteiger partial charge in [0.1, 0.15) is 5.82 Å². The summed E-state index contributed by atoms with van der Waals surface area (Å²) in [5.41, 5.74) is 4.48. The van der Waals surface area contributed by atoms with Crippen molar-refractivity contribution in [3.05, 3.63) is 61.8 Å². The normalized spacial score (nSPS) is 10.4. The molecule has 0 aliphatic rings. The molecule has 2 amide bonds. The highest BCUT2D eigenvalue weighted by molar-refractivity contribution is 8.12. The van der Waals surface area contributed by atoms with Crippen molar-refractivity contribution in [3.63, 3.8) is 0 Å². The average molecular weight is 426 g/mol. The lowest BCUT2D eigenvalue weighted by atomic mass is 10.2. The highest BCUT2D eigenvalue weighted by atomic mass is 35.5. The van der Waals surface area contributed by atoms with Crippen molar-refractivity contribution in [1.82, 2.24) is 19.3 Å². The van der Waals surface area contributed by atoms with Gasteiger partial charge in [-0.1, -0.05) is 36.7 Å². The number of hydrazine groups is 1. The van der Waals surface area contributed by atoms with Crippen molar-refractivity contribution in [2.75, 3.05) is 5.43 Å². The molecule has 1 heterocycles. The Kier molecular flexibility index (Phi) is 7.70. The summed E-state index contributed by atoms with van der Waals surface area (Å²) in [5.74, 6) is 0.0882. The molecule has 0 radical (unpaired) electrons. The van der Waals surface area contributed by atoms with Crippen molar-refractivity contribution in [2.45, 2.75) is 33.4 Å². The SMILES string of the molecule is CCCn1c(=O)cc(NNC(=O)NSC(C)=O)n(Cc2ccccc2Cl)c1=O. The summed E-state index contributed by atoms with van der Waals surface area (Å²) in [5, 5.41) is 0.171. The molecule has 0 atom stereocenters. The number of nitrogens with zero attached hydrogens (tertiary/aromatic N) is 2. The molecule has 9 nitrogen and oxygen atoms in total. The molecule has 2 rings (SSSR count). The Labute approximate surface area is 170 Å². The fourth-order valence-corrected chi connectivity index (χ4v) is 2.85. The molecule has 11 heteroatoms. The van der Waals surface area contributed by atoms with Crippen molar-refractivity contribution in [2.24, 2.45) is 0 Å². The van der Waals surface area contributed by atoms with Gasteiger partial charge in [0.25, 0.3) is 5.56 Å². The standard InChI is InChI=1S/C17H20ClN5O4S/c1-3-8-22-15(25)9-14(19-20-16(26)21-28-11(2)24)23(17(22)27)10-12-6-4-5-7-13(12)18/h4-7,9,19H,3,8,10H2,1-2H3,(H2,20,21,26). The van der Waals surface area contributed by atoms with Gasteiger partial charge in [-0.2, -0.15) is 0 Å². The molecular formula is C17H20ClN5O4S. The molecule has 1 aromatic carbocycles. The van der Waals surface area contributed by atoms with Gasteiger partial charge in [0.05, 0.1) is 6.54 Å². The van der Waals surface area contributed by atoms with E-state index < -0.39 is 17.3 Å². The van der Waals surface area contributed by atoms with Crippen LogP contribution in [0.3, 0.4) is 0 Å². The molecule has 0 unspecified atom stereocenters. The lowest BCUT2D eigenvalue weighted by Crippen LogP contribution is -2.43. The first-order chi connectivity index (χ1) is 13.3. The highest BCUT2D eigenvalue weighted by Gasteiger charge is 2.14. The van der Waals surface area contributed by atoms with E-state index in [1.54, 1.807) is 24.3 Å².